The van der Waals surface area contributed by atoms with Crippen molar-refractivity contribution in [2.45, 2.75) is 114 Å². The van der Waals surface area contributed by atoms with E-state index in [0.717, 1.165) is 11.1 Å². The topological polar surface area (TPSA) is 139 Å². The maximum Gasteiger partial charge on any atom is 0.337 e. The minimum Gasteiger partial charge on any atom is -0.467 e. The van der Waals surface area contributed by atoms with Crippen LogP contribution in [0.1, 0.15) is 38.8 Å². The number of carbonyl (C=O) groups excluding carboxylic acids is 1. The predicted molar refractivity (Wildman–Crippen MR) is 168 cm³/mol. The molecule has 9 atom stereocenters. The molecule has 0 bridgehead atoms. The molecule has 266 valence electrons. The smallest absolute Gasteiger partial charge is 0.337 e. The Labute approximate surface area is 281 Å². The minimum absolute atomic E-state index is 0.124. The maximum absolute atomic E-state index is 12.9. The lowest BCUT2D eigenvalue weighted by Gasteiger charge is -2.44. The van der Waals surface area contributed by atoms with Crippen LogP contribution in [-0.4, -0.2) is 112 Å². The van der Waals surface area contributed by atoms with Crippen molar-refractivity contribution >= 4 is 5.97 Å². The molecule has 3 aliphatic rings. The van der Waals surface area contributed by atoms with Crippen LogP contribution in [0.2, 0.25) is 0 Å². The van der Waals surface area contributed by atoms with Gasteiger partial charge in [0, 0.05) is 14.2 Å². The molecule has 3 aliphatic heterocycles. The summed E-state index contributed by atoms with van der Waals surface area (Å²) in [4.78, 5) is 12.9. The van der Waals surface area contributed by atoms with Crippen molar-refractivity contribution in [1.82, 2.24) is 0 Å². The molecule has 5 rings (SSSR count). The molecule has 0 saturated carbocycles. The Morgan fingerprint density at radius 3 is 1.96 bits per heavy atom. The third-order valence-electron chi connectivity index (χ3n) is 8.38. The second kappa shape index (κ2) is 16.0. The van der Waals surface area contributed by atoms with Gasteiger partial charge in [0.2, 0.25) is 0 Å². The molecular formula is C35H48O13. The van der Waals surface area contributed by atoms with Gasteiger partial charge in [0.1, 0.15) is 42.7 Å². The monoisotopic (exact) mass is 676 g/mol. The van der Waals surface area contributed by atoms with E-state index in [-0.39, 0.29) is 13.2 Å². The maximum atomic E-state index is 12.9. The number of benzene rings is 2. The lowest BCUT2D eigenvalue weighted by molar-refractivity contribution is -0.322. The third kappa shape index (κ3) is 8.79. The van der Waals surface area contributed by atoms with Crippen LogP contribution in [0.4, 0.5) is 0 Å². The number of ether oxygens (including phenoxy) is 11. The minimum atomic E-state index is -1.82. The molecule has 2 aromatic carbocycles. The van der Waals surface area contributed by atoms with Crippen molar-refractivity contribution in [3.63, 3.8) is 0 Å². The van der Waals surface area contributed by atoms with Gasteiger partial charge in [-0.3, -0.25) is 0 Å². The van der Waals surface area contributed by atoms with Crippen molar-refractivity contribution in [2.24, 2.45) is 0 Å². The molecule has 0 aliphatic carbocycles. The summed E-state index contributed by atoms with van der Waals surface area (Å²) in [6, 6.07) is 19.4. The number of esters is 1. The van der Waals surface area contributed by atoms with Crippen LogP contribution < -0.4 is 0 Å². The summed E-state index contributed by atoms with van der Waals surface area (Å²) in [5.74, 6) is -3.07. The number of hydrogen-bond acceptors (Lipinski definition) is 13. The van der Waals surface area contributed by atoms with Gasteiger partial charge in [0.25, 0.3) is 0 Å². The highest BCUT2D eigenvalue weighted by Crippen LogP contribution is 2.41. The second-order valence-corrected chi connectivity index (χ2v) is 12.8. The van der Waals surface area contributed by atoms with Gasteiger partial charge in [-0.25, -0.2) is 4.79 Å². The molecule has 48 heavy (non-hydrogen) atoms. The fraction of sp³-hybridized carbons (Fsp3) is 0.629. The second-order valence-electron chi connectivity index (χ2n) is 12.8. The molecule has 3 saturated heterocycles. The van der Waals surface area contributed by atoms with Gasteiger partial charge in [-0.15, -0.1) is 0 Å². The van der Waals surface area contributed by atoms with Gasteiger partial charge in [-0.2, -0.15) is 0 Å². The highest BCUT2D eigenvalue weighted by molar-refractivity contribution is 5.75. The van der Waals surface area contributed by atoms with Gasteiger partial charge >= 0.3 is 5.97 Å². The molecule has 0 aromatic heterocycles. The number of rotatable bonds is 15. The molecule has 0 spiro atoms. The molecule has 0 radical (unpaired) electrons. The Bertz CT molecular complexity index is 1290. The van der Waals surface area contributed by atoms with Crippen LogP contribution in [0.15, 0.2) is 60.7 Å². The van der Waals surface area contributed by atoms with E-state index in [2.05, 4.69) is 0 Å². The molecule has 2 aromatic rings. The number of aliphatic hydroxyl groups excluding tert-OH is 1. The van der Waals surface area contributed by atoms with E-state index in [0.29, 0.717) is 6.61 Å². The van der Waals surface area contributed by atoms with Crippen molar-refractivity contribution in [3.8, 4) is 0 Å². The summed E-state index contributed by atoms with van der Waals surface area (Å²) in [6.45, 7) is 7.67. The first kappa shape index (κ1) is 36.7. The van der Waals surface area contributed by atoms with Crippen molar-refractivity contribution in [2.75, 3.05) is 27.9 Å². The Hall–Kier alpha value is -2.53. The molecule has 13 heteroatoms. The van der Waals surface area contributed by atoms with Gasteiger partial charge in [-0.1, -0.05) is 60.7 Å². The van der Waals surface area contributed by atoms with Crippen LogP contribution in [0, 0.1) is 0 Å². The highest BCUT2D eigenvalue weighted by atomic mass is 16.8. The summed E-state index contributed by atoms with van der Waals surface area (Å²) in [7, 11) is 4.07. The van der Waals surface area contributed by atoms with Crippen LogP contribution >= 0.6 is 0 Å². The van der Waals surface area contributed by atoms with E-state index in [1.807, 2.05) is 74.5 Å². The normalized spacial score (nSPS) is 30.6. The zero-order valence-corrected chi connectivity index (χ0v) is 28.5. The van der Waals surface area contributed by atoms with Crippen LogP contribution in [-0.2, 0) is 70.1 Å². The van der Waals surface area contributed by atoms with Crippen LogP contribution in [0.3, 0.4) is 0 Å². The van der Waals surface area contributed by atoms with E-state index >= 15 is 0 Å². The Morgan fingerprint density at radius 2 is 1.35 bits per heavy atom. The number of methoxy groups -OCH3 is 3. The summed E-state index contributed by atoms with van der Waals surface area (Å²) in [5.41, 5.74) is 1.90. The summed E-state index contributed by atoms with van der Waals surface area (Å²) >= 11 is 0. The standard InChI is InChI=1S/C35H48O13/c1-34(2)45-25-23(20-41-18-21-14-10-8-11-15-21)43-33(29(27(25)46-34)42-19-22-16-12-9-13-17-22)44-26(24(36)31(37)38-5)28-30(32(39-6)40-7)48-35(3,4)47-28/h8-17,23-30,32-33,36H,18-20H2,1-7H3/t23-,24+,25+,26-,27+,28+,29-,30-,33+/m1/s1. The van der Waals surface area contributed by atoms with Crippen molar-refractivity contribution < 1.29 is 62.0 Å². The van der Waals surface area contributed by atoms with Gasteiger partial charge in [-0.05, 0) is 38.8 Å². The molecule has 3 fully saturated rings. The van der Waals surface area contributed by atoms with E-state index in [1.54, 1.807) is 13.8 Å². The van der Waals surface area contributed by atoms with Crippen LogP contribution in [0.25, 0.3) is 0 Å². The Kier molecular flexibility index (Phi) is 12.2. The summed E-state index contributed by atoms with van der Waals surface area (Å²) < 4.78 is 66.9. The molecule has 13 nitrogen and oxygen atoms in total. The first-order chi connectivity index (χ1) is 22.9. The van der Waals surface area contributed by atoms with E-state index in [1.165, 1.54) is 21.3 Å². The first-order valence-electron chi connectivity index (χ1n) is 16.1. The van der Waals surface area contributed by atoms with Crippen LogP contribution in [0.5, 0.6) is 0 Å². The molecule has 0 amide bonds. The fourth-order valence-corrected chi connectivity index (χ4v) is 6.28. The van der Waals surface area contributed by atoms with Gasteiger partial charge < -0.3 is 57.2 Å². The number of fused-ring (bicyclic) bond motifs is 1. The fourth-order valence-electron chi connectivity index (χ4n) is 6.28. The summed E-state index contributed by atoms with van der Waals surface area (Å²) in [6.07, 6.45) is -10.2. The third-order valence-corrected chi connectivity index (χ3v) is 8.38. The predicted octanol–water partition coefficient (Wildman–Crippen LogP) is 3.09. The molecule has 3 heterocycles. The quantitative estimate of drug-likeness (QED) is 0.219. The van der Waals surface area contributed by atoms with Gasteiger partial charge in [0.15, 0.2) is 30.3 Å². The zero-order chi connectivity index (χ0) is 34.5. The highest BCUT2D eigenvalue weighted by Gasteiger charge is 2.59. The number of carbonyl (C=O) groups is 1. The molecule has 1 N–H and O–H groups in total. The van der Waals surface area contributed by atoms with E-state index < -0.39 is 79.0 Å². The molecule has 0 unspecified atom stereocenters. The number of hydrogen-bond donors (Lipinski definition) is 1. The van der Waals surface area contributed by atoms with Crippen molar-refractivity contribution in [1.29, 1.82) is 0 Å². The number of aliphatic hydroxyl groups is 1. The summed E-state index contributed by atoms with van der Waals surface area (Å²) in [5, 5.41) is 11.4. The van der Waals surface area contributed by atoms with Gasteiger partial charge in [0.05, 0.1) is 26.9 Å². The largest absolute Gasteiger partial charge is 0.467 e. The Balaban J connectivity index is 1.47. The lowest BCUT2D eigenvalue weighted by atomic mass is 9.97. The zero-order valence-electron chi connectivity index (χ0n) is 28.5. The first-order valence-corrected chi connectivity index (χ1v) is 16.1. The lowest BCUT2D eigenvalue weighted by Crippen LogP contribution is -2.62. The molecular weight excluding hydrogens is 628 g/mol. The SMILES string of the molecule is COC(=O)[C@@H](O)[C@@H](O[C@@H]1O[C@H](COCc2ccccc2)[C@@H]2OC(C)(C)O[C@@H]2[C@H]1OCc1ccccc1)[C@@H]1OC(C)(C)O[C@H]1C(OC)OC. The Morgan fingerprint density at radius 1 is 0.792 bits per heavy atom. The van der Waals surface area contributed by atoms with E-state index in [4.69, 9.17) is 52.1 Å². The van der Waals surface area contributed by atoms with E-state index in [9.17, 15) is 9.90 Å². The van der Waals surface area contributed by atoms with Crippen molar-refractivity contribution in [3.05, 3.63) is 71.8 Å². The average Bonchev–Trinajstić information content (AvgIpc) is 3.58. The average molecular weight is 677 g/mol.